The van der Waals surface area contributed by atoms with Crippen LogP contribution in [-0.4, -0.2) is 16.5 Å². The summed E-state index contributed by atoms with van der Waals surface area (Å²) in [5.74, 6) is 0. The lowest BCUT2D eigenvalue weighted by atomic mass is 10.1. The van der Waals surface area contributed by atoms with E-state index in [4.69, 9.17) is 4.98 Å². The summed E-state index contributed by atoms with van der Waals surface area (Å²) < 4.78 is 0. The number of aromatic amines is 1. The van der Waals surface area contributed by atoms with Gasteiger partial charge in [0.2, 0.25) is 0 Å². The molecule has 0 saturated heterocycles. The predicted molar refractivity (Wildman–Crippen MR) is 103 cm³/mol. The van der Waals surface area contributed by atoms with Crippen LogP contribution in [0.15, 0.2) is 60.8 Å². The molecule has 4 aromatic rings. The molecule has 0 fully saturated rings. The average Bonchev–Trinajstić information content (AvgIpc) is 3.20. The monoisotopic (exact) mass is 333 g/mol. The zero-order chi connectivity index (χ0) is 16.4. The number of hydrogen-bond acceptors (Lipinski definition) is 3. The van der Waals surface area contributed by atoms with Crippen LogP contribution in [0, 0.1) is 6.92 Å². The Morgan fingerprint density at radius 3 is 2.71 bits per heavy atom. The Kier molecular flexibility index (Phi) is 4.05. The lowest BCUT2D eigenvalue weighted by molar-refractivity contribution is 1.02. The Morgan fingerprint density at radius 2 is 1.83 bits per heavy atom. The number of aromatic nitrogens is 2. The molecule has 0 unspecified atom stereocenters. The second-order valence-electron chi connectivity index (χ2n) is 5.83. The Labute approximate surface area is 145 Å². The van der Waals surface area contributed by atoms with Crippen molar-refractivity contribution in [3.8, 4) is 11.3 Å². The van der Waals surface area contributed by atoms with E-state index in [9.17, 15) is 0 Å². The van der Waals surface area contributed by atoms with Gasteiger partial charge < -0.3 is 10.3 Å². The molecule has 2 aromatic carbocycles. The number of rotatable bonds is 5. The number of fused-ring (bicyclic) bond motifs is 1. The van der Waals surface area contributed by atoms with Crippen LogP contribution in [-0.2, 0) is 6.42 Å². The molecule has 0 amide bonds. The number of benzene rings is 2. The quantitative estimate of drug-likeness (QED) is 0.523. The Balaban J connectivity index is 1.45. The van der Waals surface area contributed by atoms with Crippen molar-refractivity contribution < 1.29 is 0 Å². The third kappa shape index (κ3) is 2.93. The van der Waals surface area contributed by atoms with Gasteiger partial charge in [0.15, 0.2) is 5.13 Å². The van der Waals surface area contributed by atoms with Gasteiger partial charge in [-0.2, -0.15) is 0 Å². The zero-order valence-electron chi connectivity index (χ0n) is 13.5. The van der Waals surface area contributed by atoms with Crippen molar-refractivity contribution in [3.63, 3.8) is 0 Å². The SMILES string of the molecule is Cc1sc(NCCc2c[nH]c3ccccc23)nc1-c1ccccc1. The van der Waals surface area contributed by atoms with E-state index in [1.165, 1.54) is 26.9 Å². The number of anilines is 1. The third-order valence-corrected chi connectivity index (χ3v) is 5.12. The molecule has 0 bridgehead atoms. The van der Waals surface area contributed by atoms with Crippen LogP contribution in [0.1, 0.15) is 10.4 Å². The van der Waals surface area contributed by atoms with Crippen LogP contribution < -0.4 is 5.32 Å². The minimum Gasteiger partial charge on any atom is -0.361 e. The highest BCUT2D eigenvalue weighted by Crippen LogP contribution is 2.30. The van der Waals surface area contributed by atoms with E-state index >= 15 is 0 Å². The standard InChI is InChI=1S/C20H19N3S/c1-14-19(15-7-3-2-4-8-15)23-20(24-14)21-12-11-16-13-22-18-10-6-5-9-17(16)18/h2-10,13,22H,11-12H2,1H3,(H,21,23). The van der Waals surface area contributed by atoms with Crippen molar-refractivity contribution in [1.29, 1.82) is 0 Å². The van der Waals surface area contributed by atoms with Gasteiger partial charge in [-0.05, 0) is 25.0 Å². The molecule has 0 aliphatic heterocycles. The van der Waals surface area contributed by atoms with E-state index in [2.05, 4.69) is 72.0 Å². The van der Waals surface area contributed by atoms with Gasteiger partial charge in [0.1, 0.15) is 0 Å². The first-order valence-corrected chi connectivity index (χ1v) is 8.94. The first-order chi connectivity index (χ1) is 11.8. The number of aryl methyl sites for hydroxylation is 1. The second kappa shape index (κ2) is 6.49. The zero-order valence-corrected chi connectivity index (χ0v) is 14.4. The number of thiazole rings is 1. The van der Waals surface area contributed by atoms with Gasteiger partial charge in [-0.1, -0.05) is 48.5 Å². The number of nitrogens with one attached hydrogen (secondary N) is 2. The maximum absolute atomic E-state index is 4.76. The Morgan fingerprint density at radius 1 is 1.04 bits per heavy atom. The number of nitrogens with zero attached hydrogens (tertiary/aromatic N) is 1. The minimum absolute atomic E-state index is 0.878. The molecular weight excluding hydrogens is 314 g/mol. The summed E-state index contributed by atoms with van der Waals surface area (Å²) in [5, 5.41) is 5.77. The lowest BCUT2D eigenvalue weighted by Gasteiger charge is -2.02. The molecule has 4 rings (SSSR count). The first kappa shape index (κ1) is 15.0. The molecule has 0 saturated carbocycles. The fourth-order valence-electron chi connectivity index (χ4n) is 2.98. The van der Waals surface area contributed by atoms with Crippen molar-refractivity contribution in [2.45, 2.75) is 13.3 Å². The maximum atomic E-state index is 4.76. The van der Waals surface area contributed by atoms with E-state index in [-0.39, 0.29) is 0 Å². The summed E-state index contributed by atoms with van der Waals surface area (Å²) in [6.45, 7) is 3.01. The normalized spacial score (nSPS) is 11.0. The van der Waals surface area contributed by atoms with E-state index in [1.807, 2.05) is 6.07 Å². The molecule has 3 nitrogen and oxygen atoms in total. The molecule has 2 heterocycles. The van der Waals surface area contributed by atoms with Crippen LogP contribution in [0.2, 0.25) is 0 Å². The maximum Gasteiger partial charge on any atom is 0.183 e. The molecule has 4 heteroatoms. The van der Waals surface area contributed by atoms with Crippen LogP contribution >= 0.6 is 11.3 Å². The Hall–Kier alpha value is -2.59. The van der Waals surface area contributed by atoms with E-state index in [0.717, 1.165) is 23.8 Å². The molecule has 0 aliphatic rings. The summed E-state index contributed by atoms with van der Waals surface area (Å²) in [6.07, 6.45) is 3.08. The topological polar surface area (TPSA) is 40.7 Å². The number of para-hydroxylation sites is 1. The predicted octanol–water partition coefficient (Wildman–Crippen LogP) is 5.25. The molecule has 120 valence electrons. The Bertz CT molecular complexity index is 953. The highest BCUT2D eigenvalue weighted by atomic mass is 32.1. The number of H-pyrrole nitrogens is 1. The van der Waals surface area contributed by atoms with Crippen molar-refractivity contribution in [2.24, 2.45) is 0 Å². The summed E-state index contributed by atoms with van der Waals surface area (Å²) in [7, 11) is 0. The van der Waals surface area contributed by atoms with Crippen LogP contribution in [0.4, 0.5) is 5.13 Å². The van der Waals surface area contributed by atoms with Gasteiger partial charge in [-0.15, -0.1) is 11.3 Å². The largest absolute Gasteiger partial charge is 0.361 e. The minimum atomic E-state index is 0.878. The fourth-order valence-corrected chi connectivity index (χ4v) is 3.84. The van der Waals surface area contributed by atoms with E-state index in [1.54, 1.807) is 11.3 Å². The number of hydrogen-bond donors (Lipinski definition) is 2. The molecule has 0 atom stereocenters. The summed E-state index contributed by atoms with van der Waals surface area (Å²) in [6, 6.07) is 18.8. The summed E-state index contributed by atoms with van der Waals surface area (Å²) in [5.41, 5.74) is 4.80. The molecule has 0 radical (unpaired) electrons. The van der Waals surface area contributed by atoms with Gasteiger partial charge in [0, 0.05) is 34.1 Å². The summed E-state index contributed by atoms with van der Waals surface area (Å²) >= 11 is 1.72. The molecule has 0 aliphatic carbocycles. The average molecular weight is 333 g/mol. The van der Waals surface area contributed by atoms with Crippen molar-refractivity contribution >= 4 is 27.4 Å². The fraction of sp³-hybridized carbons (Fsp3) is 0.150. The van der Waals surface area contributed by atoms with Gasteiger partial charge >= 0.3 is 0 Å². The van der Waals surface area contributed by atoms with Crippen molar-refractivity contribution in [1.82, 2.24) is 9.97 Å². The molecule has 24 heavy (non-hydrogen) atoms. The molecule has 2 N–H and O–H groups in total. The molecule has 2 aromatic heterocycles. The van der Waals surface area contributed by atoms with Crippen molar-refractivity contribution in [3.05, 3.63) is 71.2 Å². The van der Waals surface area contributed by atoms with Crippen LogP contribution in [0.25, 0.3) is 22.2 Å². The molecular formula is C20H19N3S. The van der Waals surface area contributed by atoms with Gasteiger partial charge in [-0.3, -0.25) is 0 Å². The van der Waals surface area contributed by atoms with Gasteiger partial charge in [0.25, 0.3) is 0 Å². The smallest absolute Gasteiger partial charge is 0.183 e. The van der Waals surface area contributed by atoms with Crippen LogP contribution in [0.5, 0.6) is 0 Å². The molecule has 0 spiro atoms. The van der Waals surface area contributed by atoms with Crippen molar-refractivity contribution in [2.75, 3.05) is 11.9 Å². The summed E-state index contributed by atoms with van der Waals surface area (Å²) in [4.78, 5) is 9.34. The van der Waals surface area contributed by atoms with Gasteiger partial charge in [0.05, 0.1) is 5.69 Å². The highest BCUT2D eigenvalue weighted by Gasteiger charge is 2.09. The third-order valence-electron chi connectivity index (χ3n) is 4.19. The van der Waals surface area contributed by atoms with E-state index in [0.29, 0.717) is 0 Å². The van der Waals surface area contributed by atoms with Crippen LogP contribution in [0.3, 0.4) is 0 Å². The lowest BCUT2D eigenvalue weighted by Crippen LogP contribution is -2.04. The highest BCUT2D eigenvalue weighted by molar-refractivity contribution is 7.16. The van der Waals surface area contributed by atoms with Gasteiger partial charge in [-0.25, -0.2) is 4.98 Å². The first-order valence-electron chi connectivity index (χ1n) is 8.13. The van der Waals surface area contributed by atoms with E-state index < -0.39 is 0 Å². The second-order valence-corrected chi connectivity index (χ2v) is 7.03.